The molecular formula is C19H18ClN3O3S. The molecule has 1 atom stereocenters. The third-order valence-corrected chi connectivity index (χ3v) is 7.36. The van der Waals surface area contributed by atoms with Crippen molar-refractivity contribution in [3.8, 4) is 0 Å². The summed E-state index contributed by atoms with van der Waals surface area (Å²) in [6.07, 6.45) is 2.07. The third-order valence-electron chi connectivity index (χ3n) is 4.91. The first-order valence-electron chi connectivity index (χ1n) is 8.62. The average molecular weight is 404 g/mol. The predicted molar refractivity (Wildman–Crippen MR) is 103 cm³/mol. The van der Waals surface area contributed by atoms with Crippen molar-refractivity contribution in [2.75, 3.05) is 13.1 Å². The number of rotatable bonds is 4. The quantitative estimate of drug-likeness (QED) is 0.671. The number of benzene rings is 2. The molecule has 0 aliphatic carbocycles. The Bertz CT molecular complexity index is 1090. The van der Waals surface area contributed by atoms with Crippen LogP contribution in [0.4, 0.5) is 0 Å². The van der Waals surface area contributed by atoms with E-state index in [-0.39, 0.29) is 23.9 Å². The van der Waals surface area contributed by atoms with E-state index in [1.54, 1.807) is 27.9 Å². The fourth-order valence-corrected chi connectivity index (χ4v) is 5.22. The van der Waals surface area contributed by atoms with Gasteiger partial charge in [-0.2, -0.15) is 0 Å². The van der Waals surface area contributed by atoms with E-state index >= 15 is 0 Å². The molecule has 27 heavy (non-hydrogen) atoms. The SMILES string of the molecule is O=C(Cn1cnc2ccccc21)N1CCC(S(=O)(=O)c2ccc(Cl)cc2)C1. The van der Waals surface area contributed by atoms with Gasteiger partial charge >= 0.3 is 0 Å². The zero-order valence-electron chi connectivity index (χ0n) is 14.5. The molecule has 0 saturated carbocycles. The van der Waals surface area contributed by atoms with Crippen LogP contribution < -0.4 is 0 Å². The van der Waals surface area contributed by atoms with Gasteiger partial charge in [0.15, 0.2) is 9.84 Å². The van der Waals surface area contributed by atoms with Gasteiger partial charge in [0, 0.05) is 18.1 Å². The summed E-state index contributed by atoms with van der Waals surface area (Å²) in [7, 11) is -3.49. The topological polar surface area (TPSA) is 72.3 Å². The number of imidazole rings is 1. The van der Waals surface area contributed by atoms with Crippen LogP contribution in [0.5, 0.6) is 0 Å². The number of para-hydroxylation sites is 2. The van der Waals surface area contributed by atoms with E-state index in [0.717, 1.165) is 11.0 Å². The van der Waals surface area contributed by atoms with Crippen LogP contribution in [0.2, 0.25) is 5.02 Å². The Morgan fingerprint density at radius 1 is 1.15 bits per heavy atom. The van der Waals surface area contributed by atoms with Gasteiger partial charge in [0.1, 0.15) is 6.54 Å². The van der Waals surface area contributed by atoms with E-state index in [1.807, 2.05) is 24.3 Å². The van der Waals surface area contributed by atoms with Crippen LogP contribution >= 0.6 is 11.6 Å². The summed E-state index contributed by atoms with van der Waals surface area (Å²) in [5.74, 6) is -0.105. The number of sulfone groups is 1. The smallest absolute Gasteiger partial charge is 0.242 e. The monoisotopic (exact) mass is 403 g/mol. The van der Waals surface area contributed by atoms with E-state index in [0.29, 0.717) is 18.0 Å². The number of halogens is 1. The molecular weight excluding hydrogens is 386 g/mol. The maximum Gasteiger partial charge on any atom is 0.242 e. The molecule has 0 N–H and O–H groups in total. The van der Waals surface area contributed by atoms with Crippen molar-refractivity contribution in [1.29, 1.82) is 0 Å². The molecule has 3 aromatic rings. The Kier molecular flexibility index (Phi) is 4.65. The molecule has 1 saturated heterocycles. The van der Waals surface area contributed by atoms with Crippen molar-refractivity contribution in [2.24, 2.45) is 0 Å². The second kappa shape index (κ2) is 6.98. The van der Waals surface area contributed by atoms with Crippen LogP contribution in [0.3, 0.4) is 0 Å². The fraction of sp³-hybridized carbons (Fsp3) is 0.263. The highest BCUT2D eigenvalue weighted by atomic mass is 35.5. The molecule has 140 valence electrons. The minimum atomic E-state index is -3.49. The van der Waals surface area contributed by atoms with Crippen molar-refractivity contribution in [2.45, 2.75) is 23.1 Å². The summed E-state index contributed by atoms with van der Waals surface area (Å²) in [6.45, 7) is 0.785. The lowest BCUT2D eigenvalue weighted by Gasteiger charge is -2.17. The van der Waals surface area contributed by atoms with Crippen molar-refractivity contribution in [3.63, 3.8) is 0 Å². The number of carbonyl (C=O) groups is 1. The molecule has 4 rings (SSSR count). The zero-order valence-corrected chi connectivity index (χ0v) is 16.0. The summed E-state index contributed by atoms with van der Waals surface area (Å²) in [5.41, 5.74) is 1.71. The van der Waals surface area contributed by atoms with Gasteiger partial charge in [-0.1, -0.05) is 23.7 Å². The van der Waals surface area contributed by atoms with E-state index in [1.165, 1.54) is 12.1 Å². The highest BCUT2D eigenvalue weighted by Crippen LogP contribution is 2.25. The minimum Gasteiger partial charge on any atom is -0.340 e. The first-order chi connectivity index (χ1) is 12.9. The van der Waals surface area contributed by atoms with Crippen LogP contribution in [0.1, 0.15) is 6.42 Å². The number of hydrogen-bond acceptors (Lipinski definition) is 4. The van der Waals surface area contributed by atoms with E-state index in [4.69, 9.17) is 11.6 Å². The first kappa shape index (κ1) is 18.0. The summed E-state index contributed by atoms with van der Waals surface area (Å²) in [6, 6.07) is 13.8. The highest BCUT2D eigenvalue weighted by Gasteiger charge is 2.36. The molecule has 8 heteroatoms. The first-order valence-corrected chi connectivity index (χ1v) is 10.5. The van der Waals surface area contributed by atoms with E-state index in [9.17, 15) is 13.2 Å². The van der Waals surface area contributed by atoms with E-state index in [2.05, 4.69) is 4.98 Å². The molecule has 0 radical (unpaired) electrons. The maximum absolute atomic E-state index is 12.8. The lowest BCUT2D eigenvalue weighted by molar-refractivity contribution is -0.130. The largest absolute Gasteiger partial charge is 0.340 e. The Balaban J connectivity index is 1.47. The van der Waals surface area contributed by atoms with Gasteiger partial charge in [0.2, 0.25) is 5.91 Å². The van der Waals surface area contributed by atoms with Gasteiger partial charge in [-0.25, -0.2) is 13.4 Å². The molecule has 1 aliphatic heterocycles. The number of aromatic nitrogens is 2. The Morgan fingerprint density at radius 3 is 2.67 bits per heavy atom. The number of fused-ring (bicyclic) bond motifs is 1. The van der Waals surface area contributed by atoms with Crippen LogP contribution in [-0.4, -0.2) is 47.1 Å². The molecule has 2 heterocycles. The van der Waals surface area contributed by atoms with E-state index < -0.39 is 15.1 Å². The molecule has 0 spiro atoms. The molecule has 1 amide bonds. The zero-order chi connectivity index (χ0) is 19.0. The molecule has 0 bridgehead atoms. The van der Waals surface area contributed by atoms with Crippen molar-refractivity contribution < 1.29 is 13.2 Å². The van der Waals surface area contributed by atoms with Crippen molar-refractivity contribution >= 4 is 38.4 Å². The predicted octanol–water partition coefficient (Wildman–Crippen LogP) is 2.76. The summed E-state index contributed by atoms with van der Waals surface area (Å²) in [4.78, 5) is 18.8. The average Bonchev–Trinajstić information content (AvgIpc) is 3.30. The number of hydrogen-bond donors (Lipinski definition) is 0. The minimum absolute atomic E-state index is 0.105. The van der Waals surface area contributed by atoms with Crippen LogP contribution in [0, 0.1) is 0 Å². The second-order valence-corrected chi connectivity index (χ2v) is 9.28. The Morgan fingerprint density at radius 2 is 1.89 bits per heavy atom. The van der Waals surface area contributed by atoms with Crippen molar-refractivity contribution in [3.05, 3.63) is 59.9 Å². The molecule has 1 aliphatic rings. The third kappa shape index (κ3) is 3.44. The number of amides is 1. The van der Waals surface area contributed by atoms with Gasteiger partial charge in [0.25, 0.3) is 0 Å². The van der Waals surface area contributed by atoms with Gasteiger partial charge in [0.05, 0.1) is 27.5 Å². The Labute approximate surface area is 162 Å². The van der Waals surface area contributed by atoms with Crippen LogP contribution in [0.15, 0.2) is 59.8 Å². The number of likely N-dealkylation sites (tertiary alicyclic amines) is 1. The summed E-state index contributed by atoms with van der Waals surface area (Å²) >= 11 is 5.84. The summed E-state index contributed by atoms with van der Waals surface area (Å²) < 4.78 is 27.4. The lowest BCUT2D eigenvalue weighted by atomic mass is 10.3. The number of carbonyl (C=O) groups excluding carboxylic acids is 1. The fourth-order valence-electron chi connectivity index (χ4n) is 3.41. The molecule has 2 aromatic carbocycles. The van der Waals surface area contributed by atoms with Gasteiger partial charge in [-0.15, -0.1) is 0 Å². The summed E-state index contributed by atoms with van der Waals surface area (Å²) in [5, 5.41) is -0.105. The molecule has 6 nitrogen and oxygen atoms in total. The second-order valence-electron chi connectivity index (χ2n) is 6.61. The maximum atomic E-state index is 12.8. The van der Waals surface area contributed by atoms with Gasteiger partial charge in [-0.05, 0) is 42.8 Å². The molecule has 1 aromatic heterocycles. The van der Waals surface area contributed by atoms with Gasteiger partial charge in [-0.3, -0.25) is 4.79 Å². The standard InChI is InChI=1S/C19H18ClN3O3S/c20-14-5-7-15(8-6-14)27(25,26)16-9-10-22(11-16)19(24)12-23-13-21-17-3-1-2-4-18(17)23/h1-8,13,16H,9-12H2. The highest BCUT2D eigenvalue weighted by molar-refractivity contribution is 7.92. The molecule has 1 fully saturated rings. The van der Waals surface area contributed by atoms with Crippen LogP contribution in [0.25, 0.3) is 11.0 Å². The van der Waals surface area contributed by atoms with Crippen molar-refractivity contribution in [1.82, 2.24) is 14.5 Å². The lowest BCUT2D eigenvalue weighted by Crippen LogP contribution is -2.34. The van der Waals surface area contributed by atoms with Gasteiger partial charge < -0.3 is 9.47 Å². The number of nitrogens with zero attached hydrogens (tertiary/aromatic N) is 3. The molecule has 1 unspecified atom stereocenters. The Hall–Kier alpha value is -2.38. The van der Waals surface area contributed by atoms with Crippen LogP contribution in [-0.2, 0) is 21.2 Å². The normalized spacial score (nSPS) is 17.5.